The first kappa shape index (κ1) is 20.6. The number of thiophene rings is 1. The first-order valence-electron chi connectivity index (χ1n) is 9.21. The molecular formula is C20H17Cl2N5O2S. The molecule has 3 aromatic heterocycles. The quantitative estimate of drug-likeness (QED) is 0.384. The van der Waals surface area contributed by atoms with E-state index in [-0.39, 0.29) is 5.91 Å². The van der Waals surface area contributed by atoms with Gasteiger partial charge in [-0.05, 0) is 29.5 Å². The number of hydrogen-bond acceptors (Lipinski definition) is 6. The highest BCUT2D eigenvalue weighted by Crippen LogP contribution is 2.27. The van der Waals surface area contributed by atoms with Gasteiger partial charge in [0.25, 0.3) is 0 Å². The fourth-order valence-electron chi connectivity index (χ4n) is 2.86. The zero-order valence-corrected chi connectivity index (χ0v) is 18.0. The van der Waals surface area contributed by atoms with Gasteiger partial charge in [0.15, 0.2) is 0 Å². The van der Waals surface area contributed by atoms with Crippen LogP contribution in [0.4, 0.5) is 5.82 Å². The summed E-state index contributed by atoms with van der Waals surface area (Å²) < 4.78 is 6.93. The summed E-state index contributed by atoms with van der Waals surface area (Å²) >= 11 is 13.9. The van der Waals surface area contributed by atoms with Gasteiger partial charge >= 0.3 is 0 Å². The summed E-state index contributed by atoms with van der Waals surface area (Å²) in [4.78, 5) is 17.7. The van der Waals surface area contributed by atoms with E-state index in [1.807, 2.05) is 29.6 Å². The molecular weight excluding hydrogens is 445 g/mol. The Morgan fingerprint density at radius 2 is 2.10 bits per heavy atom. The third-order valence-electron chi connectivity index (χ3n) is 4.34. The maximum absolute atomic E-state index is 12.4. The molecule has 7 nitrogen and oxygen atoms in total. The van der Waals surface area contributed by atoms with E-state index in [2.05, 4.69) is 20.6 Å². The second kappa shape index (κ2) is 9.42. The number of benzene rings is 1. The Hall–Kier alpha value is -2.68. The minimum Gasteiger partial charge on any atom is -0.339 e. The van der Waals surface area contributed by atoms with Crippen LogP contribution >= 0.6 is 34.5 Å². The summed E-state index contributed by atoms with van der Waals surface area (Å²) in [6.45, 7) is 0.398. The largest absolute Gasteiger partial charge is 0.339 e. The highest BCUT2D eigenvalue weighted by Gasteiger charge is 2.13. The predicted molar refractivity (Wildman–Crippen MR) is 117 cm³/mol. The van der Waals surface area contributed by atoms with Gasteiger partial charge in [0.05, 0.1) is 27.7 Å². The van der Waals surface area contributed by atoms with Gasteiger partial charge in [0.1, 0.15) is 5.82 Å². The number of anilines is 1. The molecule has 3 heterocycles. The summed E-state index contributed by atoms with van der Waals surface area (Å²) in [6, 6.07) is 11.0. The number of aromatic nitrogens is 4. The van der Waals surface area contributed by atoms with Crippen LogP contribution in [0.5, 0.6) is 0 Å². The standard InChI is InChI=1S/C20H17Cl2N5O2S/c21-14-5-1-4-13(19(14)22)12-27-16(9-10-23-27)24-17(28)7-2-8-18-25-20(26-29-18)15-6-3-11-30-15/h1,3-6,9-11H,2,7-8,12H2,(H,24,28). The van der Waals surface area contributed by atoms with Crippen LogP contribution in [0, 0.1) is 0 Å². The molecule has 1 N–H and O–H groups in total. The van der Waals surface area contributed by atoms with E-state index < -0.39 is 0 Å². The molecule has 0 atom stereocenters. The Balaban J connectivity index is 1.30. The van der Waals surface area contributed by atoms with Crippen molar-refractivity contribution in [2.45, 2.75) is 25.8 Å². The van der Waals surface area contributed by atoms with Crippen molar-refractivity contribution in [2.75, 3.05) is 5.32 Å². The lowest BCUT2D eigenvalue weighted by atomic mass is 10.2. The van der Waals surface area contributed by atoms with Crippen molar-refractivity contribution in [2.24, 2.45) is 0 Å². The minimum absolute atomic E-state index is 0.119. The molecule has 4 aromatic rings. The molecule has 0 aliphatic carbocycles. The van der Waals surface area contributed by atoms with Gasteiger partial charge < -0.3 is 9.84 Å². The normalized spacial score (nSPS) is 11.0. The van der Waals surface area contributed by atoms with Crippen LogP contribution in [0.3, 0.4) is 0 Å². The second-order valence-corrected chi connectivity index (χ2v) is 8.21. The Morgan fingerprint density at radius 3 is 2.93 bits per heavy atom. The van der Waals surface area contributed by atoms with Crippen molar-refractivity contribution in [1.82, 2.24) is 19.9 Å². The van der Waals surface area contributed by atoms with E-state index in [9.17, 15) is 4.79 Å². The fraction of sp³-hybridized carbons (Fsp3) is 0.200. The zero-order valence-electron chi connectivity index (χ0n) is 15.7. The number of nitrogens with zero attached hydrogens (tertiary/aromatic N) is 4. The topological polar surface area (TPSA) is 85.8 Å². The van der Waals surface area contributed by atoms with Crippen molar-refractivity contribution in [3.63, 3.8) is 0 Å². The van der Waals surface area contributed by atoms with Crippen LogP contribution < -0.4 is 5.32 Å². The van der Waals surface area contributed by atoms with E-state index in [0.717, 1.165) is 10.4 Å². The van der Waals surface area contributed by atoms with Gasteiger partial charge in [-0.25, -0.2) is 4.68 Å². The summed E-state index contributed by atoms with van der Waals surface area (Å²) in [5.74, 6) is 1.57. The van der Waals surface area contributed by atoms with Crippen molar-refractivity contribution >= 4 is 46.3 Å². The number of rotatable bonds is 8. The highest BCUT2D eigenvalue weighted by atomic mass is 35.5. The maximum atomic E-state index is 12.4. The molecule has 0 radical (unpaired) electrons. The molecule has 0 unspecified atom stereocenters. The van der Waals surface area contributed by atoms with Crippen molar-refractivity contribution in [3.05, 3.63) is 69.5 Å². The Kier molecular flexibility index (Phi) is 6.47. The molecule has 0 spiro atoms. The average Bonchev–Trinajstić information content (AvgIpc) is 3.48. The van der Waals surface area contributed by atoms with Crippen LogP contribution in [-0.4, -0.2) is 25.8 Å². The minimum atomic E-state index is -0.119. The third kappa shape index (κ3) is 4.89. The fourth-order valence-corrected chi connectivity index (χ4v) is 3.89. The van der Waals surface area contributed by atoms with Gasteiger partial charge in [0.2, 0.25) is 17.6 Å². The van der Waals surface area contributed by atoms with Crippen molar-refractivity contribution in [3.8, 4) is 10.7 Å². The number of aryl methyl sites for hydroxylation is 1. The lowest BCUT2D eigenvalue weighted by Crippen LogP contribution is -2.16. The van der Waals surface area contributed by atoms with Crippen molar-refractivity contribution in [1.29, 1.82) is 0 Å². The summed E-state index contributed by atoms with van der Waals surface area (Å²) in [6.07, 6.45) is 3.06. The van der Waals surface area contributed by atoms with Crippen LogP contribution in [0.2, 0.25) is 10.0 Å². The summed E-state index contributed by atoms with van der Waals surface area (Å²) in [5, 5.41) is 14.0. The molecule has 0 saturated heterocycles. The molecule has 4 rings (SSSR count). The molecule has 1 amide bonds. The van der Waals surface area contributed by atoms with E-state index in [4.69, 9.17) is 27.7 Å². The molecule has 10 heteroatoms. The Bertz CT molecular complexity index is 1140. The lowest BCUT2D eigenvalue weighted by molar-refractivity contribution is -0.116. The molecule has 0 bridgehead atoms. The maximum Gasteiger partial charge on any atom is 0.226 e. The van der Waals surface area contributed by atoms with E-state index >= 15 is 0 Å². The number of halogens is 2. The average molecular weight is 462 g/mol. The van der Waals surface area contributed by atoms with Crippen LogP contribution in [-0.2, 0) is 17.8 Å². The summed E-state index contributed by atoms with van der Waals surface area (Å²) in [5.41, 5.74) is 0.821. The molecule has 0 aliphatic rings. The zero-order chi connectivity index (χ0) is 20.9. The third-order valence-corrected chi connectivity index (χ3v) is 6.06. The van der Waals surface area contributed by atoms with Gasteiger partial charge in [-0.3, -0.25) is 4.79 Å². The van der Waals surface area contributed by atoms with Gasteiger partial charge in [-0.1, -0.05) is 46.6 Å². The number of nitrogens with one attached hydrogen (secondary N) is 1. The molecule has 0 saturated carbocycles. The SMILES string of the molecule is O=C(CCCc1nc(-c2cccs2)no1)Nc1ccnn1Cc1cccc(Cl)c1Cl. The van der Waals surface area contributed by atoms with E-state index in [0.29, 0.717) is 53.4 Å². The number of carbonyl (C=O) groups excluding carboxylic acids is 1. The van der Waals surface area contributed by atoms with Crippen LogP contribution in [0.1, 0.15) is 24.3 Å². The lowest BCUT2D eigenvalue weighted by Gasteiger charge is -2.10. The van der Waals surface area contributed by atoms with E-state index in [1.165, 1.54) is 0 Å². The number of hydrogen-bond donors (Lipinski definition) is 1. The first-order chi connectivity index (χ1) is 14.6. The Morgan fingerprint density at radius 1 is 1.20 bits per heavy atom. The molecule has 154 valence electrons. The molecule has 30 heavy (non-hydrogen) atoms. The van der Waals surface area contributed by atoms with Crippen LogP contribution in [0.15, 0.2) is 52.5 Å². The molecule has 0 aliphatic heterocycles. The first-order valence-corrected chi connectivity index (χ1v) is 10.8. The van der Waals surface area contributed by atoms with Crippen LogP contribution in [0.25, 0.3) is 10.7 Å². The smallest absolute Gasteiger partial charge is 0.226 e. The van der Waals surface area contributed by atoms with Gasteiger partial charge in [-0.15, -0.1) is 11.3 Å². The highest BCUT2D eigenvalue weighted by molar-refractivity contribution is 7.13. The second-order valence-electron chi connectivity index (χ2n) is 6.48. The number of carbonyl (C=O) groups is 1. The Labute approximate surface area is 186 Å². The molecule has 0 fully saturated rings. The monoisotopic (exact) mass is 461 g/mol. The number of amides is 1. The van der Waals surface area contributed by atoms with E-state index in [1.54, 1.807) is 34.3 Å². The van der Waals surface area contributed by atoms with Gasteiger partial charge in [-0.2, -0.15) is 10.1 Å². The summed E-state index contributed by atoms with van der Waals surface area (Å²) in [7, 11) is 0. The molecule has 1 aromatic carbocycles. The predicted octanol–water partition coefficient (Wildman–Crippen LogP) is 5.31. The van der Waals surface area contributed by atoms with Gasteiger partial charge in [0, 0.05) is 18.9 Å². The van der Waals surface area contributed by atoms with Crippen molar-refractivity contribution < 1.29 is 9.32 Å².